The van der Waals surface area contributed by atoms with Gasteiger partial charge in [0, 0.05) is 57.0 Å². The smallest absolute Gasteiger partial charge is 0.550 e. The van der Waals surface area contributed by atoms with Gasteiger partial charge < -0.3 is 67.6 Å². The van der Waals surface area contributed by atoms with Gasteiger partial charge in [0.15, 0.2) is 0 Å². The van der Waals surface area contributed by atoms with Crippen LogP contribution in [-0.4, -0.2) is 61.1 Å². The predicted molar refractivity (Wildman–Crippen MR) is 93.0 cm³/mol. The molecule has 15 heteroatoms. The Kier molecular flexibility index (Phi) is 87.0. The van der Waals surface area contributed by atoms with E-state index in [0.29, 0.717) is 13.1 Å². The van der Waals surface area contributed by atoms with Gasteiger partial charge in [-0.15, -0.1) is 0 Å². The fraction of sp³-hybridized carbons (Fsp3) is 0.643. The van der Waals surface area contributed by atoms with Gasteiger partial charge in [0.2, 0.25) is 0 Å². The molecule has 0 fully saturated rings. The Labute approximate surface area is 180 Å². The Morgan fingerprint density at radius 3 is 0.862 bits per heavy atom. The van der Waals surface area contributed by atoms with Gasteiger partial charge in [0.25, 0.3) is 5.97 Å². The van der Waals surface area contributed by atoms with E-state index in [2.05, 4.69) is 5.32 Å². The molecule has 0 aliphatic rings. The first-order valence-corrected chi connectivity index (χ1v) is 7.08. The van der Waals surface area contributed by atoms with Crippen molar-refractivity contribution >= 4 is 29.8 Å². The van der Waals surface area contributed by atoms with E-state index in [0.717, 1.165) is 47.7 Å². The number of hydrogen-bond donors (Lipinski definition) is 5. The number of aliphatic carboxylic acids is 5. The van der Waals surface area contributed by atoms with Crippen molar-refractivity contribution in [1.82, 2.24) is 11.5 Å². The van der Waals surface area contributed by atoms with E-state index in [-0.39, 0.29) is 23.2 Å². The summed E-state index contributed by atoms with van der Waals surface area (Å²) >= 11 is 0. The van der Waals surface area contributed by atoms with E-state index < -0.39 is 29.8 Å². The van der Waals surface area contributed by atoms with Gasteiger partial charge in [-0.05, 0) is 27.7 Å². The van der Waals surface area contributed by atoms with Crippen molar-refractivity contribution in [3.8, 4) is 0 Å². The molecular formula is C14H33FeN4O10. The maximum atomic E-state index is 9.00. The Bertz CT molecular complexity index is 292. The molecule has 29 heavy (non-hydrogen) atoms. The van der Waals surface area contributed by atoms with Gasteiger partial charge in [-0.3, -0.25) is 4.79 Å². The fourth-order valence-electron chi connectivity index (χ4n) is 0.329. The number of hydrogen-bond acceptors (Lipinski definition) is 12. The first kappa shape index (κ1) is 50.4. The van der Waals surface area contributed by atoms with E-state index >= 15 is 0 Å². The monoisotopic (exact) mass is 473 g/mol. The van der Waals surface area contributed by atoms with Gasteiger partial charge in [0.05, 0.1) is 0 Å². The number of carbonyl (C=O) groups is 5. The predicted octanol–water partition coefficient (Wildman–Crippen LogP) is -6.02. The normalized spacial score (nSPS) is 6.59. The molecule has 0 rings (SSSR count). The minimum atomic E-state index is -1.08. The summed E-state index contributed by atoms with van der Waals surface area (Å²) in [4.78, 5) is 44.6. The Hall–Kier alpha value is -2.29. The zero-order chi connectivity index (χ0) is 23.4. The Morgan fingerprint density at radius 1 is 0.690 bits per heavy atom. The standard InChI is InChI=1S/C4H13N3.5C2H4O2.Fe.H3N/c5-1-3-7-4-2-6;5*1-2(3)4;;/h7H,1-6H2;5*1H3,(H,3,4);;1H3/q;;;;;;+3;/p-3. The number of nitrogens with two attached hydrogens (primary N) is 2. The van der Waals surface area contributed by atoms with Gasteiger partial charge in [-0.25, -0.2) is 0 Å². The molecule has 10 N–H and O–H groups in total. The average Bonchev–Trinajstić information content (AvgIpc) is 2.35. The molecule has 1 radical (unpaired) electrons. The van der Waals surface area contributed by atoms with Gasteiger partial charge in [-0.2, -0.15) is 0 Å². The van der Waals surface area contributed by atoms with Gasteiger partial charge in [0.1, 0.15) is 0 Å². The molecule has 0 atom stereocenters. The van der Waals surface area contributed by atoms with Crippen LogP contribution in [0.5, 0.6) is 0 Å². The summed E-state index contributed by atoms with van der Waals surface area (Å²) in [5, 5.41) is 46.0. The molecule has 0 aromatic heterocycles. The molecule has 14 nitrogen and oxygen atoms in total. The van der Waals surface area contributed by atoms with Crippen molar-refractivity contribution in [2.45, 2.75) is 34.6 Å². The quantitative estimate of drug-likeness (QED) is 0.188. The van der Waals surface area contributed by atoms with Crippen LogP contribution in [0.3, 0.4) is 0 Å². The van der Waals surface area contributed by atoms with Crippen molar-refractivity contribution in [2.24, 2.45) is 11.5 Å². The second kappa shape index (κ2) is 50.1. The largest absolute Gasteiger partial charge is 3.00 e. The average molecular weight is 473 g/mol. The number of nitrogens with one attached hydrogen (secondary N) is 1. The number of carboxylic acid groups (broad SMARTS) is 5. The van der Waals surface area contributed by atoms with E-state index in [1.165, 1.54) is 0 Å². The molecule has 0 spiro atoms. The third kappa shape index (κ3) is 4950. The van der Waals surface area contributed by atoms with Crippen LogP contribution in [0.2, 0.25) is 0 Å². The van der Waals surface area contributed by atoms with Crippen LogP contribution >= 0.6 is 0 Å². The van der Waals surface area contributed by atoms with E-state index in [4.69, 9.17) is 61.0 Å². The summed E-state index contributed by atoms with van der Waals surface area (Å²) in [6.45, 7) is 8.11. The summed E-state index contributed by atoms with van der Waals surface area (Å²) in [6.07, 6.45) is 0. The Balaban J connectivity index is -0.0000000305. The minimum absolute atomic E-state index is 0. The third-order valence-electron chi connectivity index (χ3n) is 0.642. The van der Waals surface area contributed by atoms with Crippen LogP contribution in [0.15, 0.2) is 0 Å². The third-order valence-corrected chi connectivity index (χ3v) is 0.642. The van der Waals surface area contributed by atoms with Crippen molar-refractivity contribution in [3.05, 3.63) is 0 Å². The number of carboxylic acids is 5. The van der Waals surface area contributed by atoms with Crippen LogP contribution in [0.25, 0.3) is 0 Å². The molecule has 0 saturated heterocycles. The zero-order valence-electron chi connectivity index (χ0n) is 17.5. The molecule has 0 saturated carbocycles. The van der Waals surface area contributed by atoms with E-state index in [1.807, 2.05) is 0 Å². The molecule has 0 aliphatic heterocycles. The molecule has 0 unspecified atom stereocenters. The number of carbonyl (C=O) groups excluding carboxylic acids is 4. The SMILES string of the molecule is CC(=O)O.CC(=O)[O-].CC(=O)[O-].CC(=O)[O-].CC(=O)[O-].NCCNCCN.[Fe+3].[NH4+]. The van der Waals surface area contributed by atoms with Gasteiger partial charge >= 0.3 is 17.1 Å². The van der Waals surface area contributed by atoms with Crippen molar-refractivity contribution < 1.29 is 66.6 Å². The van der Waals surface area contributed by atoms with Crippen molar-refractivity contribution in [3.63, 3.8) is 0 Å². The first-order valence-electron chi connectivity index (χ1n) is 7.08. The molecule has 177 valence electrons. The summed E-state index contributed by atoms with van der Waals surface area (Å²) in [5.41, 5.74) is 10.3. The van der Waals surface area contributed by atoms with Crippen LogP contribution < -0.4 is 43.4 Å². The zero-order valence-corrected chi connectivity index (χ0v) is 18.6. The first-order chi connectivity index (χ1) is 12.1. The second-order valence-electron chi connectivity index (χ2n) is 3.81. The summed E-state index contributed by atoms with van der Waals surface area (Å²) < 4.78 is 0. The minimum Gasteiger partial charge on any atom is -0.550 e. The summed E-state index contributed by atoms with van der Waals surface area (Å²) in [6, 6.07) is 0. The second-order valence-corrected chi connectivity index (χ2v) is 3.81. The van der Waals surface area contributed by atoms with Gasteiger partial charge in [-0.1, -0.05) is 0 Å². The van der Waals surface area contributed by atoms with Crippen LogP contribution in [0.1, 0.15) is 34.6 Å². The van der Waals surface area contributed by atoms with Crippen molar-refractivity contribution in [2.75, 3.05) is 26.2 Å². The fourth-order valence-corrected chi connectivity index (χ4v) is 0.329. The maximum Gasteiger partial charge on any atom is 3.00 e. The molecule has 0 amide bonds. The number of rotatable bonds is 4. The maximum absolute atomic E-state index is 9.00. The molecular weight excluding hydrogens is 440 g/mol. The Morgan fingerprint density at radius 2 is 0.793 bits per heavy atom. The van der Waals surface area contributed by atoms with Crippen molar-refractivity contribution in [1.29, 1.82) is 0 Å². The van der Waals surface area contributed by atoms with Crippen LogP contribution in [0, 0.1) is 0 Å². The molecule has 0 bridgehead atoms. The number of quaternary nitrogens is 1. The van der Waals surface area contributed by atoms with E-state index in [1.54, 1.807) is 0 Å². The van der Waals surface area contributed by atoms with Crippen LogP contribution in [-0.2, 0) is 41.0 Å². The summed E-state index contributed by atoms with van der Waals surface area (Å²) in [7, 11) is 0. The molecule has 0 aliphatic carbocycles. The molecule has 0 heterocycles. The topological polar surface area (TPSA) is 298 Å². The summed E-state index contributed by atoms with van der Waals surface area (Å²) in [5.74, 6) is -5.17. The van der Waals surface area contributed by atoms with Crippen LogP contribution in [0.4, 0.5) is 0 Å². The molecule has 0 aromatic carbocycles. The molecule has 0 aromatic rings. The van der Waals surface area contributed by atoms with E-state index in [9.17, 15) is 0 Å².